The molecule has 0 spiro atoms. The number of carbonyl (C=O) groups excluding carboxylic acids is 1. The van der Waals surface area contributed by atoms with Crippen LogP contribution < -0.4 is 15.4 Å². The van der Waals surface area contributed by atoms with Crippen molar-refractivity contribution in [1.29, 1.82) is 0 Å². The maximum Gasteiger partial charge on any atom is 0.287 e. The molecule has 0 aliphatic rings. The minimum Gasteiger partial charge on any atom is -0.492 e. The minimum absolute atomic E-state index is 0.0388. The molecule has 3 N–H and O–H groups in total. The molecular weight excluding hydrogens is 360 g/mol. The average molecular weight is 390 g/mol. The van der Waals surface area contributed by atoms with E-state index in [9.17, 15) is 4.79 Å². The van der Waals surface area contributed by atoms with E-state index in [1.165, 1.54) is 5.56 Å². The fourth-order valence-electron chi connectivity index (χ4n) is 3.35. The minimum atomic E-state index is -0.304. The molecule has 1 amide bonds. The molecule has 0 radical (unpaired) electrons. The largest absolute Gasteiger partial charge is 0.492 e. The highest BCUT2D eigenvalue weighted by Gasteiger charge is 2.24. The summed E-state index contributed by atoms with van der Waals surface area (Å²) in [5.41, 5.74) is 3.03. The Kier molecular flexibility index (Phi) is 7.84. The van der Waals surface area contributed by atoms with Crippen molar-refractivity contribution >= 4 is 11.6 Å². The van der Waals surface area contributed by atoms with Crippen LogP contribution in [0, 0.1) is 0 Å². The molecule has 4 heteroatoms. The van der Waals surface area contributed by atoms with Gasteiger partial charge in [0.05, 0.1) is 18.8 Å². The Morgan fingerprint density at radius 3 is 2.31 bits per heavy atom. The molecule has 29 heavy (non-hydrogen) atoms. The molecule has 3 aromatic rings. The number of ether oxygens (including phenoxy) is 1. The number of hydrogen-bond donors (Lipinski definition) is 2. The standard InChI is InChI=1S/C25H28N2O2/c1-2-29-23-18-10-9-17-22(23)27-25(28)24(21-15-7-4-8-16-21)26-19-11-14-20-12-5-3-6-13-20/h3-10,12-13,15-18,24,26H,2,11,14,19H2,1H3,(H,27,28)/p+1/t24-/m0/s1. The van der Waals surface area contributed by atoms with Gasteiger partial charge in [0.15, 0.2) is 6.04 Å². The maximum atomic E-state index is 13.1. The first-order chi connectivity index (χ1) is 14.3. The van der Waals surface area contributed by atoms with Crippen molar-refractivity contribution in [2.45, 2.75) is 25.8 Å². The van der Waals surface area contributed by atoms with E-state index >= 15 is 0 Å². The molecule has 0 aliphatic carbocycles. The van der Waals surface area contributed by atoms with Crippen molar-refractivity contribution in [3.8, 4) is 5.75 Å². The lowest BCUT2D eigenvalue weighted by atomic mass is 10.0. The van der Waals surface area contributed by atoms with Crippen LogP contribution in [0.3, 0.4) is 0 Å². The fourth-order valence-corrected chi connectivity index (χ4v) is 3.35. The molecule has 0 saturated carbocycles. The predicted octanol–water partition coefficient (Wildman–Crippen LogP) is 3.96. The zero-order valence-corrected chi connectivity index (χ0v) is 16.9. The van der Waals surface area contributed by atoms with Crippen molar-refractivity contribution in [3.05, 3.63) is 96.1 Å². The monoisotopic (exact) mass is 389 g/mol. The lowest BCUT2D eigenvalue weighted by Crippen LogP contribution is -2.87. The normalized spacial score (nSPS) is 11.6. The summed E-state index contributed by atoms with van der Waals surface area (Å²) in [7, 11) is 0. The summed E-state index contributed by atoms with van der Waals surface area (Å²) in [4.78, 5) is 13.1. The summed E-state index contributed by atoms with van der Waals surface area (Å²) < 4.78 is 5.65. The van der Waals surface area contributed by atoms with Gasteiger partial charge in [0.25, 0.3) is 5.91 Å². The molecule has 0 aromatic heterocycles. The zero-order valence-electron chi connectivity index (χ0n) is 16.9. The van der Waals surface area contributed by atoms with Crippen LogP contribution in [0.15, 0.2) is 84.9 Å². The first-order valence-corrected chi connectivity index (χ1v) is 10.2. The Bertz CT molecular complexity index is 882. The molecule has 0 aliphatic heterocycles. The van der Waals surface area contributed by atoms with Gasteiger partial charge < -0.3 is 15.4 Å². The van der Waals surface area contributed by atoms with Crippen molar-refractivity contribution in [1.82, 2.24) is 0 Å². The van der Waals surface area contributed by atoms with E-state index in [0.717, 1.165) is 24.9 Å². The number of carbonyl (C=O) groups is 1. The molecule has 0 fully saturated rings. The Hall–Kier alpha value is -3.11. The van der Waals surface area contributed by atoms with Crippen molar-refractivity contribution < 1.29 is 14.8 Å². The zero-order chi connectivity index (χ0) is 20.3. The quantitative estimate of drug-likeness (QED) is 0.516. The number of benzene rings is 3. The van der Waals surface area contributed by atoms with Gasteiger partial charge in [-0.05, 0) is 31.0 Å². The smallest absolute Gasteiger partial charge is 0.287 e. The van der Waals surface area contributed by atoms with Gasteiger partial charge in [0.2, 0.25) is 0 Å². The number of quaternary nitrogens is 1. The molecule has 1 atom stereocenters. The summed E-state index contributed by atoms with van der Waals surface area (Å²) in [5, 5.41) is 5.18. The highest BCUT2D eigenvalue weighted by Crippen LogP contribution is 2.24. The van der Waals surface area contributed by atoms with Crippen molar-refractivity contribution in [2.24, 2.45) is 0 Å². The first kappa shape index (κ1) is 20.6. The number of nitrogens with one attached hydrogen (secondary N) is 1. The van der Waals surface area contributed by atoms with Crippen LogP contribution >= 0.6 is 0 Å². The van der Waals surface area contributed by atoms with Gasteiger partial charge in [-0.1, -0.05) is 72.8 Å². The van der Waals surface area contributed by atoms with E-state index in [4.69, 9.17) is 4.74 Å². The highest BCUT2D eigenvalue weighted by molar-refractivity contribution is 5.95. The predicted molar refractivity (Wildman–Crippen MR) is 117 cm³/mol. The van der Waals surface area contributed by atoms with Gasteiger partial charge >= 0.3 is 0 Å². The van der Waals surface area contributed by atoms with Gasteiger partial charge in [-0.25, -0.2) is 0 Å². The van der Waals surface area contributed by atoms with Crippen LogP contribution in [0.2, 0.25) is 0 Å². The third kappa shape index (κ3) is 6.19. The van der Waals surface area contributed by atoms with Gasteiger partial charge in [-0.3, -0.25) is 4.79 Å². The van der Waals surface area contributed by atoms with E-state index < -0.39 is 0 Å². The van der Waals surface area contributed by atoms with Gasteiger partial charge in [0.1, 0.15) is 5.75 Å². The van der Waals surface area contributed by atoms with Crippen LogP contribution in [0.4, 0.5) is 5.69 Å². The summed E-state index contributed by atoms with van der Waals surface area (Å²) in [5.74, 6) is 0.655. The van der Waals surface area contributed by atoms with Crippen molar-refractivity contribution in [2.75, 3.05) is 18.5 Å². The van der Waals surface area contributed by atoms with Crippen LogP contribution in [0.25, 0.3) is 0 Å². The fraction of sp³-hybridized carbons (Fsp3) is 0.240. The van der Waals surface area contributed by atoms with Crippen LogP contribution in [0.5, 0.6) is 5.75 Å². The second-order valence-electron chi connectivity index (χ2n) is 6.92. The Morgan fingerprint density at radius 1 is 0.931 bits per heavy atom. The van der Waals surface area contributed by atoms with Crippen molar-refractivity contribution in [3.63, 3.8) is 0 Å². The lowest BCUT2D eigenvalue weighted by molar-refractivity contribution is -0.682. The van der Waals surface area contributed by atoms with E-state index in [-0.39, 0.29) is 11.9 Å². The number of amides is 1. The Morgan fingerprint density at radius 2 is 1.59 bits per heavy atom. The van der Waals surface area contributed by atoms with E-state index in [1.54, 1.807) is 0 Å². The number of nitrogens with two attached hydrogens (primary N) is 1. The average Bonchev–Trinajstić information content (AvgIpc) is 2.76. The van der Waals surface area contributed by atoms with Gasteiger partial charge in [-0.15, -0.1) is 0 Å². The molecular formula is C25H29N2O2+. The Labute approximate surface area is 172 Å². The number of rotatable bonds is 10. The summed E-state index contributed by atoms with van der Waals surface area (Å²) in [6, 6.07) is 27.6. The molecule has 0 bridgehead atoms. The molecule has 0 saturated heterocycles. The highest BCUT2D eigenvalue weighted by atomic mass is 16.5. The number of aryl methyl sites for hydroxylation is 1. The second-order valence-corrected chi connectivity index (χ2v) is 6.92. The Balaban J connectivity index is 1.66. The van der Waals surface area contributed by atoms with Crippen LogP contribution in [-0.2, 0) is 11.2 Å². The number of anilines is 1. The number of hydrogen-bond acceptors (Lipinski definition) is 2. The SMILES string of the molecule is CCOc1ccccc1NC(=O)[C@@H]([NH2+]CCCc1ccccc1)c1ccccc1. The molecule has 150 valence electrons. The maximum absolute atomic E-state index is 13.1. The van der Waals surface area contributed by atoms with Gasteiger partial charge in [-0.2, -0.15) is 0 Å². The topological polar surface area (TPSA) is 54.9 Å². The summed E-state index contributed by atoms with van der Waals surface area (Å²) in [6.45, 7) is 3.36. The molecule has 4 nitrogen and oxygen atoms in total. The summed E-state index contributed by atoms with van der Waals surface area (Å²) in [6.07, 6.45) is 2.02. The van der Waals surface area contributed by atoms with E-state index in [2.05, 4.69) is 34.9 Å². The number of para-hydroxylation sites is 2. The first-order valence-electron chi connectivity index (χ1n) is 10.2. The molecule has 3 rings (SSSR count). The van der Waals surface area contributed by atoms with Gasteiger partial charge in [0, 0.05) is 12.0 Å². The molecule has 0 heterocycles. The van der Waals surface area contributed by atoms with Crippen LogP contribution in [0.1, 0.15) is 30.5 Å². The van der Waals surface area contributed by atoms with E-state index in [1.807, 2.05) is 67.6 Å². The van der Waals surface area contributed by atoms with Crippen LogP contribution in [-0.4, -0.2) is 19.1 Å². The third-order valence-corrected chi connectivity index (χ3v) is 4.80. The summed E-state index contributed by atoms with van der Waals surface area (Å²) >= 11 is 0. The second kappa shape index (κ2) is 11.0. The van der Waals surface area contributed by atoms with E-state index in [0.29, 0.717) is 18.0 Å². The molecule has 3 aromatic carbocycles. The third-order valence-electron chi connectivity index (χ3n) is 4.80. The molecule has 0 unspecified atom stereocenters. The lowest BCUT2D eigenvalue weighted by Gasteiger charge is -2.17.